The molecule has 0 saturated carbocycles. The Labute approximate surface area is 160 Å². The van der Waals surface area contributed by atoms with Crippen LogP contribution in [0.5, 0.6) is 0 Å². The van der Waals surface area contributed by atoms with Gasteiger partial charge in [-0.25, -0.2) is 4.39 Å². The minimum atomic E-state index is -0.162. The van der Waals surface area contributed by atoms with E-state index >= 15 is 0 Å². The molecule has 1 aliphatic heterocycles. The van der Waals surface area contributed by atoms with Gasteiger partial charge in [-0.3, -0.25) is 14.4 Å². The average Bonchev–Trinajstić information content (AvgIpc) is 2.94. The molecule has 0 N–H and O–H groups in total. The first kappa shape index (κ1) is 18.3. The summed E-state index contributed by atoms with van der Waals surface area (Å²) >= 11 is 2.25. The highest BCUT2D eigenvalue weighted by Gasteiger charge is 2.21. The molecule has 25 heavy (non-hydrogen) atoms. The molecule has 1 aromatic carbocycles. The fourth-order valence-corrected chi connectivity index (χ4v) is 3.43. The predicted octanol–water partition coefficient (Wildman–Crippen LogP) is 2.67. The Bertz CT molecular complexity index is 740. The van der Waals surface area contributed by atoms with Gasteiger partial charge in [-0.15, -0.1) is 0 Å². The summed E-state index contributed by atoms with van der Waals surface area (Å²) in [4.78, 5) is 16.5. The number of aromatic nitrogens is 2. The van der Waals surface area contributed by atoms with E-state index in [1.165, 1.54) is 6.07 Å². The third-order valence-electron chi connectivity index (χ3n) is 4.66. The summed E-state index contributed by atoms with van der Waals surface area (Å²) in [6.45, 7) is 6.17. The molecule has 134 valence electrons. The molecule has 5 nitrogen and oxygen atoms in total. The van der Waals surface area contributed by atoms with E-state index in [-0.39, 0.29) is 11.7 Å². The third-order valence-corrected chi connectivity index (χ3v) is 5.72. The van der Waals surface area contributed by atoms with Gasteiger partial charge in [0.1, 0.15) is 5.82 Å². The fourth-order valence-electron chi connectivity index (χ4n) is 3.03. The number of carbonyl (C=O) groups is 1. The number of amides is 1. The van der Waals surface area contributed by atoms with Gasteiger partial charge in [0.2, 0.25) is 5.91 Å². The number of halogens is 2. The molecule has 0 unspecified atom stereocenters. The smallest absolute Gasteiger partial charge is 0.224 e. The molecule has 0 spiro atoms. The standard InChI is InChI=1S/C18H22FIN4O/c1-14-17(20)12-21-24(14)7-6-18(25)23-10-8-22(9-11-23)13-15-4-2-3-5-16(15)19/h2-5,12H,6-11,13H2,1H3. The monoisotopic (exact) mass is 456 g/mol. The van der Waals surface area contributed by atoms with Crippen molar-refractivity contribution in [3.05, 3.63) is 51.1 Å². The van der Waals surface area contributed by atoms with E-state index in [0.717, 1.165) is 22.4 Å². The Morgan fingerprint density at radius 2 is 1.96 bits per heavy atom. The fraction of sp³-hybridized carbons (Fsp3) is 0.444. The second-order valence-electron chi connectivity index (χ2n) is 6.30. The molecular weight excluding hydrogens is 434 g/mol. The van der Waals surface area contributed by atoms with Gasteiger partial charge in [-0.05, 0) is 35.6 Å². The van der Waals surface area contributed by atoms with Crippen molar-refractivity contribution >= 4 is 28.5 Å². The number of aryl methyl sites for hydroxylation is 1. The Balaban J connectivity index is 1.46. The summed E-state index contributed by atoms with van der Waals surface area (Å²) in [5.74, 6) is 0.000630. The van der Waals surface area contributed by atoms with Crippen LogP contribution >= 0.6 is 22.6 Å². The molecule has 1 saturated heterocycles. The zero-order valence-electron chi connectivity index (χ0n) is 14.3. The zero-order chi connectivity index (χ0) is 17.8. The molecule has 2 aromatic rings. The lowest BCUT2D eigenvalue weighted by Gasteiger charge is -2.34. The molecule has 0 atom stereocenters. The molecule has 1 aromatic heterocycles. The van der Waals surface area contributed by atoms with Crippen LogP contribution in [-0.4, -0.2) is 51.7 Å². The number of piperazine rings is 1. The van der Waals surface area contributed by atoms with Gasteiger partial charge in [-0.1, -0.05) is 18.2 Å². The minimum absolute atomic E-state index is 0.162. The second kappa shape index (κ2) is 8.27. The normalized spacial score (nSPS) is 15.6. The maximum Gasteiger partial charge on any atom is 0.224 e. The van der Waals surface area contributed by atoms with Gasteiger partial charge in [0, 0.05) is 56.9 Å². The number of benzene rings is 1. The highest BCUT2D eigenvalue weighted by molar-refractivity contribution is 14.1. The third kappa shape index (κ3) is 4.58. The molecule has 0 aliphatic carbocycles. The van der Waals surface area contributed by atoms with E-state index in [2.05, 4.69) is 32.6 Å². The Kier molecular flexibility index (Phi) is 6.06. The number of hydrogen-bond acceptors (Lipinski definition) is 3. The van der Waals surface area contributed by atoms with Crippen LogP contribution in [0.4, 0.5) is 4.39 Å². The van der Waals surface area contributed by atoms with Crippen molar-refractivity contribution in [2.75, 3.05) is 26.2 Å². The van der Waals surface area contributed by atoms with Crippen LogP contribution < -0.4 is 0 Å². The summed E-state index contributed by atoms with van der Waals surface area (Å²) in [5, 5.41) is 4.29. The van der Waals surface area contributed by atoms with Gasteiger partial charge in [0.15, 0.2) is 0 Å². The zero-order valence-corrected chi connectivity index (χ0v) is 16.4. The molecular formula is C18H22FIN4O. The van der Waals surface area contributed by atoms with Crippen LogP contribution in [0.25, 0.3) is 0 Å². The quantitative estimate of drug-likeness (QED) is 0.650. The molecule has 1 aliphatic rings. The number of carbonyl (C=O) groups excluding carboxylic acids is 1. The van der Waals surface area contributed by atoms with Crippen molar-refractivity contribution in [1.82, 2.24) is 19.6 Å². The number of rotatable bonds is 5. The van der Waals surface area contributed by atoms with Crippen LogP contribution in [0, 0.1) is 16.3 Å². The van der Waals surface area contributed by atoms with E-state index in [9.17, 15) is 9.18 Å². The largest absolute Gasteiger partial charge is 0.340 e. The molecule has 3 rings (SSSR count). The lowest BCUT2D eigenvalue weighted by atomic mass is 10.2. The average molecular weight is 456 g/mol. The summed E-state index contributed by atoms with van der Waals surface area (Å²) < 4.78 is 16.7. The Morgan fingerprint density at radius 1 is 1.24 bits per heavy atom. The first-order chi connectivity index (χ1) is 12.0. The van der Waals surface area contributed by atoms with E-state index in [4.69, 9.17) is 0 Å². The molecule has 1 fully saturated rings. The van der Waals surface area contributed by atoms with E-state index in [0.29, 0.717) is 38.2 Å². The van der Waals surface area contributed by atoms with Gasteiger partial charge >= 0.3 is 0 Å². The summed E-state index contributed by atoms with van der Waals surface area (Å²) in [5.41, 5.74) is 1.81. The van der Waals surface area contributed by atoms with Crippen LogP contribution in [0.1, 0.15) is 17.7 Å². The van der Waals surface area contributed by atoms with Gasteiger partial charge in [0.25, 0.3) is 0 Å². The molecule has 0 radical (unpaired) electrons. The summed E-state index contributed by atoms with van der Waals surface area (Å²) in [6.07, 6.45) is 2.29. The van der Waals surface area contributed by atoms with E-state index in [1.54, 1.807) is 6.07 Å². The first-order valence-electron chi connectivity index (χ1n) is 8.46. The second-order valence-corrected chi connectivity index (χ2v) is 7.46. The minimum Gasteiger partial charge on any atom is -0.340 e. The SMILES string of the molecule is Cc1c(I)cnn1CCC(=O)N1CCN(Cc2ccccc2F)CC1. The Hall–Kier alpha value is -1.48. The molecule has 1 amide bonds. The maximum absolute atomic E-state index is 13.7. The van der Waals surface area contributed by atoms with Crippen LogP contribution in [0.3, 0.4) is 0 Å². The Morgan fingerprint density at radius 3 is 2.60 bits per heavy atom. The summed E-state index contributed by atoms with van der Waals surface area (Å²) in [6, 6.07) is 6.88. The molecule has 2 heterocycles. The van der Waals surface area contributed by atoms with E-state index in [1.807, 2.05) is 34.8 Å². The number of hydrogen-bond donors (Lipinski definition) is 0. The lowest BCUT2D eigenvalue weighted by Crippen LogP contribution is -2.48. The molecule has 0 bridgehead atoms. The van der Waals surface area contributed by atoms with Crippen molar-refractivity contribution in [2.45, 2.75) is 26.4 Å². The van der Waals surface area contributed by atoms with Gasteiger partial charge in [0.05, 0.1) is 9.77 Å². The van der Waals surface area contributed by atoms with Crippen molar-refractivity contribution in [1.29, 1.82) is 0 Å². The summed E-state index contributed by atoms with van der Waals surface area (Å²) in [7, 11) is 0. The number of nitrogens with zero attached hydrogens (tertiary/aromatic N) is 4. The van der Waals surface area contributed by atoms with Crippen LogP contribution in [0.2, 0.25) is 0 Å². The van der Waals surface area contributed by atoms with Crippen molar-refractivity contribution in [2.24, 2.45) is 0 Å². The van der Waals surface area contributed by atoms with Crippen molar-refractivity contribution < 1.29 is 9.18 Å². The maximum atomic E-state index is 13.7. The van der Waals surface area contributed by atoms with Crippen molar-refractivity contribution in [3.8, 4) is 0 Å². The van der Waals surface area contributed by atoms with Crippen LogP contribution in [-0.2, 0) is 17.9 Å². The van der Waals surface area contributed by atoms with Crippen molar-refractivity contribution in [3.63, 3.8) is 0 Å². The van der Waals surface area contributed by atoms with E-state index < -0.39 is 0 Å². The lowest BCUT2D eigenvalue weighted by molar-refractivity contribution is -0.133. The highest BCUT2D eigenvalue weighted by atomic mass is 127. The first-order valence-corrected chi connectivity index (χ1v) is 9.54. The van der Waals surface area contributed by atoms with Crippen LogP contribution in [0.15, 0.2) is 30.5 Å². The predicted molar refractivity (Wildman–Crippen MR) is 103 cm³/mol. The highest BCUT2D eigenvalue weighted by Crippen LogP contribution is 2.13. The molecule has 7 heteroatoms. The van der Waals surface area contributed by atoms with Gasteiger partial charge in [-0.2, -0.15) is 5.10 Å². The van der Waals surface area contributed by atoms with Gasteiger partial charge < -0.3 is 4.90 Å². The topological polar surface area (TPSA) is 41.4 Å².